The quantitative estimate of drug-likeness (QED) is 0.573. The molecule has 2 heterocycles. The number of aromatic nitrogens is 4. The van der Waals surface area contributed by atoms with Crippen LogP contribution in [0.25, 0.3) is 16.7 Å². The van der Waals surface area contributed by atoms with E-state index in [2.05, 4.69) is 46.5 Å². The molecule has 1 N–H and O–H groups in total. The van der Waals surface area contributed by atoms with Gasteiger partial charge in [-0.25, -0.2) is 0 Å². The van der Waals surface area contributed by atoms with Crippen molar-refractivity contribution in [2.24, 2.45) is 0 Å². The van der Waals surface area contributed by atoms with Gasteiger partial charge in [0.1, 0.15) is 11.0 Å². The van der Waals surface area contributed by atoms with E-state index in [1.54, 1.807) is 29.3 Å². The molecular formula is C22H21N5O. The third-order valence-corrected chi connectivity index (χ3v) is 4.69. The molecule has 0 saturated carbocycles. The van der Waals surface area contributed by atoms with E-state index in [9.17, 15) is 4.79 Å². The van der Waals surface area contributed by atoms with E-state index < -0.39 is 0 Å². The molecule has 4 aromatic rings. The lowest BCUT2D eigenvalue weighted by molar-refractivity contribution is 0.102. The van der Waals surface area contributed by atoms with Gasteiger partial charge in [-0.15, -0.1) is 10.2 Å². The highest BCUT2D eigenvalue weighted by molar-refractivity contribution is 6.05. The van der Waals surface area contributed by atoms with Gasteiger partial charge in [0.15, 0.2) is 0 Å². The zero-order chi connectivity index (χ0) is 19.7. The molecule has 2 aromatic carbocycles. The first kappa shape index (κ1) is 17.9. The summed E-state index contributed by atoms with van der Waals surface area (Å²) in [7, 11) is 0. The Bertz CT molecular complexity index is 1130. The van der Waals surface area contributed by atoms with Crippen LogP contribution in [-0.4, -0.2) is 25.9 Å². The largest absolute Gasteiger partial charge is 0.322 e. The van der Waals surface area contributed by atoms with Crippen LogP contribution in [0.15, 0.2) is 60.9 Å². The van der Waals surface area contributed by atoms with Crippen LogP contribution in [0, 0.1) is 6.92 Å². The maximum Gasteiger partial charge on any atom is 0.257 e. The third kappa shape index (κ3) is 3.49. The Morgan fingerprint density at radius 3 is 2.39 bits per heavy atom. The van der Waals surface area contributed by atoms with Gasteiger partial charge < -0.3 is 5.32 Å². The summed E-state index contributed by atoms with van der Waals surface area (Å²) in [5.41, 5.74) is 5.83. The van der Waals surface area contributed by atoms with Crippen molar-refractivity contribution < 1.29 is 4.79 Å². The van der Waals surface area contributed by atoms with Crippen molar-refractivity contribution in [2.75, 3.05) is 5.32 Å². The molecule has 2 aromatic heterocycles. The van der Waals surface area contributed by atoms with Crippen LogP contribution in [0.5, 0.6) is 0 Å². The number of hydrogen-bond donors (Lipinski definition) is 1. The number of hydrogen-bond acceptors (Lipinski definition) is 4. The van der Waals surface area contributed by atoms with Crippen molar-refractivity contribution in [3.8, 4) is 5.69 Å². The van der Waals surface area contributed by atoms with Gasteiger partial charge in [0.2, 0.25) is 0 Å². The number of nitrogens with zero attached hydrogens (tertiary/aromatic N) is 4. The monoisotopic (exact) mass is 371 g/mol. The van der Waals surface area contributed by atoms with Crippen LogP contribution < -0.4 is 5.32 Å². The molecule has 0 bridgehead atoms. The lowest BCUT2D eigenvalue weighted by atomic mass is 10.0. The summed E-state index contributed by atoms with van der Waals surface area (Å²) >= 11 is 0. The summed E-state index contributed by atoms with van der Waals surface area (Å²) in [5.74, 6) is 0.277. The summed E-state index contributed by atoms with van der Waals surface area (Å²) in [4.78, 5) is 18.0. The average Bonchev–Trinajstić information content (AvgIpc) is 3.11. The number of aryl methyl sites for hydroxylation is 1. The molecule has 28 heavy (non-hydrogen) atoms. The normalized spacial score (nSPS) is 11.1. The molecule has 0 aliphatic heterocycles. The van der Waals surface area contributed by atoms with Crippen LogP contribution in [0.3, 0.4) is 0 Å². The second kappa shape index (κ2) is 7.23. The Morgan fingerprint density at radius 2 is 1.75 bits per heavy atom. The van der Waals surface area contributed by atoms with Crippen LogP contribution in [0.1, 0.15) is 41.3 Å². The molecule has 140 valence electrons. The van der Waals surface area contributed by atoms with Gasteiger partial charge in [-0.1, -0.05) is 26.0 Å². The van der Waals surface area contributed by atoms with E-state index in [0.29, 0.717) is 17.2 Å². The van der Waals surface area contributed by atoms with Gasteiger partial charge in [-0.2, -0.15) is 4.80 Å². The van der Waals surface area contributed by atoms with Crippen LogP contribution in [0.2, 0.25) is 0 Å². The Balaban J connectivity index is 1.64. The molecule has 0 spiro atoms. The molecule has 0 atom stereocenters. The molecule has 4 rings (SSSR count). The Morgan fingerprint density at radius 1 is 1.04 bits per heavy atom. The van der Waals surface area contributed by atoms with E-state index in [1.807, 2.05) is 31.2 Å². The number of rotatable bonds is 4. The molecule has 0 unspecified atom stereocenters. The van der Waals surface area contributed by atoms with E-state index in [0.717, 1.165) is 22.3 Å². The van der Waals surface area contributed by atoms with Crippen LogP contribution in [-0.2, 0) is 0 Å². The van der Waals surface area contributed by atoms with E-state index in [1.165, 1.54) is 5.56 Å². The maximum atomic E-state index is 12.4. The second-order valence-electron chi connectivity index (χ2n) is 7.09. The minimum atomic E-state index is -0.202. The minimum absolute atomic E-state index is 0.202. The Labute approximate surface area is 163 Å². The third-order valence-electron chi connectivity index (χ3n) is 4.69. The molecule has 0 fully saturated rings. The number of amides is 1. The predicted molar refractivity (Wildman–Crippen MR) is 110 cm³/mol. The fourth-order valence-electron chi connectivity index (χ4n) is 3.00. The molecular weight excluding hydrogens is 350 g/mol. The fourth-order valence-corrected chi connectivity index (χ4v) is 3.00. The highest BCUT2D eigenvalue weighted by Crippen LogP contribution is 2.23. The number of benzene rings is 2. The van der Waals surface area contributed by atoms with Crippen molar-refractivity contribution in [3.05, 3.63) is 77.6 Å². The summed E-state index contributed by atoms with van der Waals surface area (Å²) in [6, 6.07) is 15.5. The standard InChI is InChI=1S/C22H21N5O/c1-14(2)16-6-8-18(9-7-16)27-25-20-11-15(3)19(12-21(20)26-27)24-22(28)17-5-4-10-23-13-17/h4-14H,1-3H3,(H,24,28). The number of anilines is 1. The zero-order valence-corrected chi connectivity index (χ0v) is 16.0. The van der Waals surface area contributed by atoms with Gasteiger partial charge in [0, 0.05) is 18.1 Å². The fraction of sp³-hybridized carbons (Fsp3) is 0.182. The molecule has 1 amide bonds. The van der Waals surface area contributed by atoms with Crippen LogP contribution >= 0.6 is 0 Å². The maximum absolute atomic E-state index is 12.4. The minimum Gasteiger partial charge on any atom is -0.322 e. The highest BCUT2D eigenvalue weighted by atomic mass is 16.1. The molecule has 6 heteroatoms. The topological polar surface area (TPSA) is 72.7 Å². The van der Waals surface area contributed by atoms with Gasteiger partial charge in [-0.05, 0) is 60.4 Å². The van der Waals surface area contributed by atoms with Crippen LogP contribution in [0.4, 0.5) is 5.69 Å². The van der Waals surface area contributed by atoms with E-state index >= 15 is 0 Å². The molecule has 0 saturated heterocycles. The van der Waals surface area contributed by atoms with Crippen molar-refractivity contribution in [2.45, 2.75) is 26.7 Å². The van der Waals surface area contributed by atoms with E-state index in [-0.39, 0.29) is 5.91 Å². The summed E-state index contributed by atoms with van der Waals surface area (Å²) in [6.45, 7) is 6.27. The molecule has 0 radical (unpaired) electrons. The number of fused-ring (bicyclic) bond motifs is 1. The van der Waals surface area contributed by atoms with Gasteiger partial charge >= 0.3 is 0 Å². The smallest absolute Gasteiger partial charge is 0.257 e. The SMILES string of the molecule is Cc1cc2nn(-c3ccc(C(C)C)cc3)nc2cc1NC(=O)c1cccnc1. The number of nitrogens with one attached hydrogen (secondary N) is 1. The van der Waals surface area contributed by atoms with E-state index in [4.69, 9.17) is 0 Å². The summed E-state index contributed by atoms with van der Waals surface area (Å²) in [5, 5.41) is 12.1. The number of carbonyl (C=O) groups is 1. The first-order valence-corrected chi connectivity index (χ1v) is 9.20. The first-order valence-electron chi connectivity index (χ1n) is 9.20. The zero-order valence-electron chi connectivity index (χ0n) is 16.0. The van der Waals surface area contributed by atoms with Gasteiger partial charge in [0.25, 0.3) is 5.91 Å². The predicted octanol–water partition coefficient (Wildman–Crippen LogP) is 4.50. The lowest BCUT2D eigenvalue weighted by Crippen LogP contribution is -2.12. The van der Waals surface area contributed by atoms with Crippen molar-refractivity contribution in [1.82, 2.24) is 20.0 Å². The summed E-state index contributed by atoms with van der Waals surface area (Å²) in [6.07, 6.45) is 3.18. The van der Waals surface area contributed by atoms with Gasteiger partial charge in [0.05, 0.1) is 11.3 Å². The average molecular weight is 371 g/mol. The highest BCUT2D eigenvalue weighted by Gasteiger charge is 2.12. The van der Waals surface area contributed by atoms with Crippen molar-refractivity contribution in [3.63, 3.8) is 0 Å². The number of carbonyl (C=O) groups excluding carboxylic acids is 1. The lowest BCUT2D eigenvalue weighted by Gasteiger charge is -2.07. The summed E-state index contributed by atoms with van der Waals surface area (Å²) < 4.78 is 0. The Hall–Kier alpha value is -3.54. The number of pyridine rings is 1. The van der Waals surface area contributed by atoms with Crippen molar-refractivity contribution in [1.29, 1.82) is 0 Å². The van der Waals surface area contributed by atoms with Gasteiger partial charge in [-0.3, -0.25) is 9.78 Å². The van der Waals surface area contributed by atoms with Crippen molar-refractivity contribution >= 4 is 22.6 Å². The first-order chi connectivity index (χ1) is 13.5. The molecule has 6 nitrogen and oxygen atoms in total. The molecule has 0 aliphatic carbocycles. The Kier molecular flexibility index (Phi) is 4.61. The molecule has 0 aliphatic rings. The second-order valence-corrected chi connectivity index (χ2v) is 7.09.